The van der Waals surface area contributed by atoms with E-state index in [2.05, 4.69) is 25.3 Å². The van der Waals surface area contributed by atoms with Gasteiger partial charge >= 0.3 is 12.0 Å². The van der Waals surface area contributed by atoms with E-state index in [1.54, 1.807) is 12.1 Å². The predicted molar refractivity (Wildman–Crippen MR) is 74.9 cm³/mol. The average molecular weight is 305 g/mol. The van der Waals surface area contributed by atoms with Gasteiger partial charge in [0.1, 0.15) is 5.56 Å². The Morgan fingerprint density at radius 2 is 1.77 bits per heavy atom. The van der Waals surface area contributed by atoms with E-state index in [9.17, 15) is 4.79 Å². The van der Waals surface area contributed by atoms with Crippen molar-refractivity contribution in [3.8, 4) is 17.9 Å². The fraction of sp³-hybridized carbons (Fsp3) is 0.308. The summed E-state index contributed by atoms with van der Waals surface area (Å²) in [7, 11) is 4.30. The monoisotopic (exact) mass is 305 g/mol. The van der Waals surface area contributed by atoms with Crippen molar-refractivity contribution in [1.82, 2.24) is 25.3 Å². The van der Waals surface area contributed by atoms with Gasteiger partial charge in [-0.1, -0.05) is 0 Å². The van der Waals surface area contributed by atoms with Crippen LogP contribution >= 0.6 is 0 Å². The number of carbonyl (C=O) groups is 1. The fourth-order valence-corrected chi connectivity index (χ4v) is 1.62. The largest absolute Gasteiger partial charge is 0.480 e. The summed E-state index contributed by atoms with van der Waals surface area (Å²) in [4.78, 5) is 28.0. The maximum absolute atomic E-state index is 12.1. The molecule has 116 valence electrons. The van der Waals surface area contributed by atoms with Gasteiger partial charge in [-0.3, -0.25) is 4.79 Å². The maximum atomic E-state index is 12.1. The highest BCUT2D eigenvalue weighted by Crippen LogP contribution is 2.13. The zero-order valence-electron chi connectivity index (χ0n) is 12.4. The highest BCUT2D eigenvalue weighted by molar-refractivity contribution is 5.96. The first kappa shape index (κ1) is 15.4. The third-order valence-corrected chi connectivity index (χ3v) is 2.62. The van der Waals surface area contributed by atoms with Crippen LogP contribution in [0, 0.1) is 0 Å². The molecule has 0 saturated carbocycles. The molecule has 0 spiro atoms. The van der Waals surface area contributed by atoms with Crippen molar-refractivity contribution in [2.24, 2.45) is 0 Å². The molecule has 0 aromatic carbocycles. The van der Waals surface area contributed by atoms with Crippen LogP contribution in [0.4, 0.5) is 0 Å². The van der Waals surface area contributed by atoms with Gasteiger partial charge in [-0.15, -0.1) is 4.98 Å². The normalized spacial score (nSPS) is 9.95. The van der Waals surface area contributed by atoms with E-state index in [-0.39, 0.29) is 30.4 Å². The Labute approximate surface area is 126 Å². The van der Waals surface area contributed by atoms with Gasteiger partial charge in [0.05, 0.1) is 27.9 Å². The van der Waals surface area contributed by atoms with Gasteiger partial charge in [-0.2, -0.15) is 9.97 Å². The average Bonchev–Trinajstić information content (AvgIpc) is 2.59. The standard InChI is InChI=1S/C13H15N5O4/c1-20-11-8(5-4-6-14-11)10(19)15-7-9-16-12(21-2)18-13(17-9)22-3/h4-6H,7H2,1-3H3,(H,15,19). The van der Waals surface area contributed by atoms with Crippen LogP contribution in [0.1, 0.15) is 16.2 Å². The Bertz CT molecular complexity index is 642. The molecule has 0 atom stereocenters. The summed E-state index contributed by atoms with van der Waals surface area (Å²) in [6.07, 6.45) is 1.54. The number of hydrogen-bond donors (Lipinski definition) is 1. The van der Waals surface area contributed by atoms with Gasteiger partial charge < -0.3 is 19.5 Å². The van der Waals surface area contributed by atoms with Gasteiger partial charge in [0.25, 0.3) is 5.91 Å². The minimum Gasteiger partial charge on any atom is -0.480 e. The van der Waals surface area contributed by atoms with Crippen LogP contribution in [-0.2, 0) is 6.54 Å². The van der Waals surface area contributed by atoms with Crippen molar-refractivity contribution in [2.75, 3.05) is 21.3 Å². The number of ether oxygens (including phenoxy) is 3. The quantitative estimate of drug-likeness (QED) is 0.807. The summed E-state index contributed by atoms with van der Waals surface area (Å²) in [5.74, 6) is 0.189. The van der Waals surface area contributed by atoms with Crippen LogP contribution in [-0.4, -0.2) is 47.2 Å². The van der Waals surface area contributed by atoms with Gasteiger partial charge in [-0.05, 0) is 12.1 Å². The van der Waals surface area contributed by atoms with E-state index < -0.39 is 0 Å². The summed E-state index contributed by atoms with van der Waals surface area (Å²) in [6, 6.07) is 3.47. The molecular formula is C13H15N5O4. The highest BCUT2D eigenvalue weighted by Gasteiger charge is 2.14. The molecule has 0 aliphatic rings. The van der Waals surface area contributed by atoms with Crippen molar-refractivity contribution < 1.29 is 19.0 Å². The molecule has 2 heterocycles. The maximum Gasteiger partial charge on any atom is 0.322 e. The highest BCUT2D eigenvalue weighted by atomic mass is 16.5. The molecule has 2 rings (SSSR count). The van der Waals surface area contributed by atoms with E-state index >= 15 is 0 Å². The zero-order chi connectivity index (χ0) is 15.9. The second-order valence-electron chi connectivity index (χ2n) is 3.97. The Morgan fingerprint density at radius 1 is 1.09 bits per heavy atom. The van der Waals surface area contributed by atoms with E-state index in [4.69, 9.17) is 14.2 Å². The van der Waals surface area contributed by atoms with Gasteiger partial charge in [0.15, 0.2) is 5.82 Å². The zero-order valence-corrected chi connectivity index (χ0v) is 12.4. The number of carbonyl (C=O) groups excluding carboxylic acids is 1. The molecule has 1 N–H and O–H groups in total. The number of hydrogen-bond acceptors (Lipinski definition) is 8. The second kappa shape index (κ2) is 7.16. The molecule has 9 heteroatoms. The molecule has 0 unspecified atom stereocenters. The molecule has 22 heavy (non-hydrogen) atoms. The van der Waals surface area contributed by atoms with Crippen molar-refractivity contribution in [2.45, 2.75) is 6.54 Å². The summed E-state index contributed by atoms with van der Waals surface area (Å²) in [6.45, 7) is 0.0755. The number of methoxy groups -OCH3 is 3. The number of pyridine rings is 1. The van der Waals surface area contributed by atoms with Gasteiger partial charge in [0.2, 0.25) is 5.88 Å². The van der Waals surface area contributed by atoms with Crippen molar-refractivity contribution >= 4 is 5.91 Å². The first-order chi connectivity index (χ1) is 10.7. The third kappa shape index (κ3) is 3.57. The van der Waals surface area contributed by atoms with E-state index in [0.29, 0.717) is 11.4 Å². The molecule has 0 bridgehead atoms. The molecule has 1 amide bonds. The molecule has 0 fully saturated rings. The molecular weight excluding hydrogens is 290 g/mol. The van der Waals surface area contributed by atoms with Crippen molar-refractivity contribution in [1.29, 1.82) is 0 Å². The molecule has 2 aromatic heterocycles. The number of nitrogens with zero attached hydrogens (tertiary/aromatic N) is 4. The Kier molecular flexibility index (Phi) is 5.02. The summed E-state index contributed by atoms with van der Waals surface area (Å²) >= 11 is 0. The number of rotatable bonds is 6. The molecule has 0 aliphatic heterocycles. The number of nitrogens with one attached hydrogen (secondary N) is 1. The van der Waals surface area contributed by atoms with Crippen molar-refractivity contribution in [3.63, 3.8) is 0 Å². The lowest BCUT2D eigenvalue weighted by molar-refractivity contribution is 0.0945. The SMILES string of the molecule is COc1nc(CNC(=O)c2cccnc2OC)nc(OC)n1. The lowest BCUT2D eigenvalue weighted by atomic mass is 10.2. The van der Waals surface area contributed by atoms with Crippen LogP contribution in [0.5, 0.6) is 17.9 Å². The number of amides is 1. The molecule has 0 radical (unpaired) electrons. The van der Waals surface area contributed by atoms with Crippen LogP contribution < -0.4 is 19.5 Å². The Hall–Kier alpha value is -2.97. The van der Waals surface area contributed by atoms with Crippen LogP contribution in [0.25, 0.3) is 0 Å². The van der Waals surface area contributed by atoms with Crippen LogP contribution in [0.3, 0.4) is 0 Å². The molecule has 9 nitrogen and oxygen atoms in total. The van der Waals surface area contributed by atoms with Crippen molar-refractivity contribution in [3.05, 3.63) is 29.7 Å². The minimum atomic E-state index is -0.358. The van der Waals surface area contributed by atoms with Gasteiger partial charge in [-0.25, -0.2) is 4.98 Å². The summed E-state index contributed by atoms with van der Waals surface area (Å²) in [5, 5.41) is 2.67. The molecule has 2 aromatic rings. The molecule has 0 aliphatic carbocycles. The summed E-state index contributed by atoms with van der Waals surface area (Å²) < 4.78 is 14.9. The lowest BCUT2D eigenvalue weighted by Gasteiger charge is -2.08. The Morgan fingerprint density at radius 3 is 2.36 bits per heavy atom. The third-order valence-electron chi connectivity index (χ3n) is 2.62. The lowest BCUT2D eigenvalue weighted by Crippen LogP contribution is -2.25. The first-order valence-electron chi connectivity index (χ1n) is 6.28. The van der Waals surface area contributed by atoms with E-state index in [0.717, 1.165) is 0 Å². The fourth-order valence-electron chi connectivity index (χ4n) is 1.62. The molecule has 0 saturated heterocycles. The summed E-state index contributed by atoms with van der Waals surface area (Å²) in [5.41, 5.74) is 0.318. The van der Waals surface area contributed by atoms with Crippen LogP contribution in [0.2, 0.25) is 0 Å². The Balaban J connectivity index is 2.11. The van der Waals surface area contributed by atoms with Gasteiger partial charge in [0, 0.05) is 6.20 Å². The smallest absolute Gasteiger partial charge is 0.322 e. The predicted octanol–water partition coefficient (Wildman–Crippen LogP) is 0.222. The van der Waals surface area contributed by atoms with Crippen LogP contribution in [0.15, 0.2) is 18.3 Å². The minimum absolute atomic E-state index is 0.0755. The topological polar surface area (TPSA) is 108 Å². The second-order valence-corrected chi connectivity index (χ2v) is 3.97. The van der Waals surface area contributed by atoms with E-state index in [1.807, 2.05) is 0 Å². The number of aromatic nitrogens is 4. The van der Waals surface area contributed by atoms with E-state index in [1.165, 1.54) is 27.5 Å². The first-order valence-corrected chi connectivity index (χ1v) is 6.28.